The Labute approximate surface area is 108 Å². The summed E-state index contributed by atoms with van der Waals surface area (Å²) in [5.41, 5.74) is 10.0. The van der Waals surface area contributed by atoms with Crippen LogP contribution >= 0.6 is 0 Å². The first-order chi connectivity index (χ1) is 8.65. The van der Waals surface area contributed by atoms with E-state index in [0.717, 1.165) is 29.9 Å². The molecule has 0 aliphatic heterocycles. The summed E-state index contributed by atoms with van der Waals surface area (Å²) in [5, 5.41) is 4.59. The first-order valence-electron chi connectivity index (χ1n) is 6.45. The molecule has 0 radical (unpaired) electrons. The van der Waals surface area contributed by atoms with Gasteiger partial charge in [0.25, 0.3) is 0 Å². The second-order valence-corrected chi connectivity index (χ2v) is 4.48. The van der Waals surface area contributed by atoms with Gasteiger partial charge in [-0.05, 0) is 38.0 Å². The highest BCUT2D eigenvalue weighted by Crippen LogP contribution is 2.15. The van der Waals surface area contributed by atoms with Crippen LogP contribution in [-0.4, -0.2) is 14.8 Å². The van der Waals surface area contributed by atoms with Gasteiger partial charge < -0.3 is 5.73 Å². The van der Waals surface area contributed by atoms with Gasteiger partial charge in [-0.15, -0.1) is 0 Å². The van der Waals surface area contributed by atoms with Gasteiger partial charge in [-0.3, -0.25) is 4.98 Å². The van der Waals surface area contributed by atoms with Gasteiger partial charge in [0.2, 0.25) is 0 Å². The van der Waals surface area contributed by atoms with Gasteiger partial charge in [-0.2, -0.15) is 5.10 Å². The molecule has 0 unspecified atom stereocenters. The highest BCUT2D eigenvalue weighted by molar-refractivity contribution is 5.32. The lowest BCUT2D eigenvalue weighted by atomic mass is 10.2. The van der Waals surface area contributed by atoms with Crippen LogP contribution in [0.15, 0.2) is 24.4 Å². The largest absolute Gasteiger partial charge is 0.323 e. The van der Waals surface area contributed by atoms with E-state index in [2.05, 4.69) is 30.0 Å². The van der Waals surface area contributed by atoms with Crippen molar-refractivity contribution in [2.45, 2.75) is 39.7 Å². The molecule has 0 aliphatic carbocycles. The summed E-state index contributed by atoms with van der Waals surface area (Å²) in [5.74, 6) is 0. The first-order valence-corrected chi connectivity index (χ1v) is 6.45. The molecule has 2 heterocycles. The smallest absolute Gasteiger partial charge is 0.0832 e. The van der Waals surface area contributed by atoms with E-state index in [1.165, 1.54) is 5.69 Å². The molecular weight excluding hydrogens is 224 g/mol. The zero-order valence-corrected chi connectivity index (χ0v) is 11.2. The van der Waals surface area contributed by atoms with E-state index in [1.807, 2.05) is 29.9 Å². The Balaban J connectivity index is 2.38. The summed E-state index contributed by atoms with van der Waals surface area (Å²) in [6.07, 6.45) is 3.75. The van der Waals surface area contributed by atoms with Crippen LogP contribution in [-0.2, 0) is 12.8 Å². The summed E-state index contributed by atoms with van der Waals surface area (Å²) in [4.78, 5) is 4.38. The lowest BCUT2D eigenvalue weighted by Crippen LogP contribution is -2.08. The Morgan fingerprint density at radius 1 is 1.28 bits per heavy atom. The Kier molecular flexibility index (Phi) is 3.77. The Bertz CT molecular complexity index is 511. The summed E-state index contributed by atoms with van der Waals surface area (Å²) < 4.78 is 1.97. The first kappa shape index (κ1) is 12.8. The zero-order chi connectivity index (χ0) is 13.1. The molecule has 4 heteroatoms. The van der Waals surface area contributed by atoms with E-state index >= 15 is 0 Å². The summed E-state index contributed by atoms with van der Waals surface area (Å²) in [6.45, 7) is 6.18. The van der Waals surface area contributed by atoms with Crippen molar-refractivity contribution < 1.29 is 0 Å². The molecule has 2 aromatic rings. The molecular formula is C14H20N4. The van der Waals surface area contributed by atoms with E-state index in [9.17, 15) is 0 Å². The van der Waals surface area contributed by atoms with Crippen molar-refractivity contribution in [2.24, 2.45) is 5.73 Å². The molecule has 0 amide bonds. The average Bonchev–Trinajstić information content (AvgIpc) is 2.82. The molecule has 0 saturated carbocycles. The van der Waals surface area contributed by atoms with Crippen LogP contribution in [0.1, 0.15) is 43.9 Å². The zero-order valence-electron chi connectivity index (χ0n) is 11.2. The molecule has 2 rings (SSSR count). The summed E-state index contributed by atoms with van der Waals surface area (Å²) in [6, 6.07) is 6.11. The van der Waals surface area contributed by atoms with E-state index in [4.69, 9.17) is 5.73 Å². The maximum absolute atomic E-state index is 5.80. The Morgan fingerprint density at radius 2 is 2.06 bits per heavy atom. The maximum atomic E-state index is 5.80. The second-order valence-electron chi connectivity index (χ2n) is 4.48. The lowest BCUT2D eigenvalue weighted by Gasteiger charge is -2.08. The van der Waals surface area contributed by atoms with Crippen LogP contribution in [0.2, 0.25) is 0 Å². The van der Waals surface area contributed by atoms with Crippen molar-refractivity contribution in [1.82, 2.24) is 14.8 Å². The fourth-order valence-corrected chi connectivity index (χ4v) is 1.92. The Hall–Kier alpha value is -1.68. The van der Waals surface area contributed by atoms with Gasteiger partial charge in [-0.25, -0.2) is 4.68 Å². The minimum absolute atomic E-state index is 0.0338. The van der Waals surface area contributed by atoms with Gasteiger partial charge in [0, 0.05) is 11.7 Å². The monoisotopic (exact) mass is 244 g/mol. The third-order valence-electron chi connectivity index (χ3n) is 3.04. The van der Waals surface area contributed by atoms with Gasteiger partial charge in [-0.1, -0.05) is 13.8 Å². The third-order valence-corrected chi connectivity index (χ3v) is 3.04. The topological polar surface area (TPSA) is 56.7 Å². The highest BCUT2D eigenvalue weighted by atomic mass is 15.3. The molecule has 0 aromatic carbocycles. The van der Waals surface area contributed by atoms with Crippen molar-refractivity contribution in [3.63, 3.8) is 0 Å². The molecule has 0 fully saturated rings. The molecule has 96 valence electrons. The van der Waals surface area contributed by atoms with Crippen LogP contribution in [0.3, 0.4) is 0 Å². The molecule has 0 aliphatic rings. The fraction of sp³-hybridized carbons (Fsp3) is 0.429. The van der Waals surface area contributed by atoms with Crippen molar-refractivity contribution in [3.8, 4) is 5.69 Å². The number of nitrogens with two attached hydrogens (primary N) is 1. The molecule has 2 aromatic heterocycles. The summed E-state index contributed by atoms with van der Waals surface area (Å²) in [7, 11) is 0. The quantitative estimate of drug-likeness (QED) is 0.898. The fourth-order valence-electron chi connectivity index (χ4n) is 1.92. The van der Waals surface area contributed by atoms with Gasteiger partial charge in [0.1, 0.15) is 0 Å². The van der Waals surface area contributed by atoms with Crippen molar-refractivity contribution in [3.05, 3.63) is 41.5 Å². The maximum Gasteiger partial charge on any atom is 0.0832 e. The second kappa shape index (κ2) is 5.31. The van der Waals surface area contributed by atoms with Gasteiger partial charge in [0.05, 0.1) is 23.3 Å². The SMILES string of the molecule is CCc1cc(CC)n(-c2ccc([C@@H](C)N)nc2)n1. The van der Waals surface area contributed by atoms with E-state index in [0.29, 0.717) is 0 Å². The van der Waals surface area contributed by atoms with Crippen LogP contribution in [0.25, 0.3) is 5.69 Å². The third kappa shape index (κ3) is 2.43. The minimum Gasteiger partial charge on any atom is -0.323 e. The van der Waals surface area contributed by atoms with Crippen LogP contribution < -0.4 is 5.73 Å². The van der Waals surface area contributed by atoms with Crippen LogP contribution in [0.4, 0.5) is 0 Å². The van der Waals surface area contributed by atoms with E-state index in [1.54, 1.807) is 0 Å². The number of hydrogen-bond acceptors (Lipinski definition) is 3. The van der Waals surface area contributed by atoms with E-state index < -0.39 is 0 Å². The average molecular weight is 244 g/mol. The molecule has 0 saturated heterocycles. The molecule has 1 atom stereocenters. The highest BCUT2D eigenvalue weighted by Gasteiger charge is 2.08. The predicted molar refractivity (Wildman–Crippen MR) is 72.7 cm³/mol. The summed E-state index contributed by atoms with van der Waals surface area (Å²) >= 11 is 0. The van der Waals surface area contributed by atoms with E-state index in [-0.39, 0.29) is 6.04 Å². The molecule has 18 heavy (non-hydrogen) atoms. The number of aryl methyl sites for hydroxylation is 2. The van der Waals surface area contributed by atoms with Crippen LogP contribution in [0, 0.1) is 0 Å². The van der Waals surface area contributed by atoms with Gasteiger partial charge >= 0.3 is 0 Å². The van der Waals surface area contributed by atoms with Crippen molar-refractivity contribution in [1.29, 1.82) is 0 Å². The van der Waals surface area contributed by atoms with Crippen molar-refractivity contribution in [2.75, 3.05) is 0 Å². The lowest BCUT2D eigenvalue weighted by molar-refractivity contribution is 0.762. The number of hydrogen-bond donors (Lipinski definition) is 1. The van der Waals surface area contributed by atoms with Gasteiger partial charge in [0.15, 0.2) is 0 Å². The normalized spacial score (nSPS) is 12.7. The van der Waals surface area contributed by atoms with Crippen LogP contribution in [0.5, 0.6) is 0 Å². The minimum atomic E-state index is -0.0338. The number of nitrogens with zero attached hydrogens (tertiary/aromatic N) is 3. The molecule has 4 nitrogen and oxygen atoms in total. The molecule has 2 N–H and O–H groups in total. The molecule has 0 bridgehead atoms. The number of rotatable bonds is 4. The predicted octanol–water partition coefficient (Wildman–Crippen LogP) is 2.41. The van der Waals surface area contributed by atoms with Crippen molar-refractivity contribution >= 4 is 0 Å². The molecule has 0 spiro atoms. The standard InChI is InChI=1S/C14H20N4/c1-4-11-8-12(5-2)18(17-11)13-6-7-14(10(3)15)16-9-13/h6-10H,4-5,15H2,1-3H3/t10-/m1/s1. The number of aromatic nitrogens is 3. The Morgan fingerprint density at radius 3 is 2.56 bits per heavy atom. The number of pyridine rings is 1.